The van der Waals surface area contributed by atoms with Gasteiger partial charge in [0.05, 0.1) is 11.4 Å². The molecule has 9 nitrogen and oxygen atoms in total. The first kappa shape index (κ1) is 21.8. The average Bonchev–Trinajstić information content (AvgIpc) is 2.77. The molecule has 2 aromatic rings. The second-order valence-electron chi connectivity index (χ2n) is 6.72. The second-order valence-corrected chi connectivity index (χ2v) is 8.66. The summed E-state index contributed by atoms with van der Waals surface area (Å²) in [4.78, 5) is 12.5. The Hall–Kier alpha value is -2.95. The first-order valence-electron chi connectivity index (χ1n) is 9.54. The summed E-state index contributed by atoms with van der Waals surface area (Å²) in [5.41, 5.74) is 6.38. The predicted octanol–water partition coefficient (Wildman–Crippen LogP) is 0.373. The van der Waals surface area contributed by atoms with E-state index in [4.69, 9.17) is 15.9 Å². The van der Waals surface area contributed by atoms with Gasteiger partial charge >= 0.3 is 0 Å². The number of carbonyl (C=O) groups is 1. The van der Waals surface area contributed by atoms with Gasteiger partial charge in [-0.15, -0.1) is 0 Å². The van der Waals surface area contributed by atoms with Crippen LogP contribution in [0.4, 0.5) is 0 Å². The number of amidine groups is 1. The highest BCUT2D eigenvalue weighted by Crippen LogP contribution is 2.17. The van der Waals surface area contributed by atoms with Gasteiger partial charge in [0.25, 0.3) is 5.91 Å². The number of nitrogens with one attached hydrogen (secondary N) is 3. The molecule has 1 amide bonds. The van der Waals surface area contributed by atoms with E-state index in [1.165, 1.54) is 28.6 Å². The van der Waals surface area contributed by atoms with E-state index >= 15 is 0 Å². The molecule has 0 aromatic heterocycles. The van der Waals surface area contributed by atoms with Crippen LogP contribution in [0.1, 0.15) is 15.9 Å². The number of hydrogen-bond donors (Lipinski definition) is 4. The van der Waals surface area contributed by atoms with E-state index < -0.39 is 10.0 Å². The number of carbonyl (C=O) groups excluding carboxylic acids is 1. The van der Waals surface area contributed by atoms with Gasteiger partial charge in [0, 0.05) is 37.3 Å². The van der Waals surface area contributed by atoms with E-state index in [0.717, 1.165) is 0 Å². The van der Waals surface area contributed by atoms with Gasteiger partial charge in [-0.25, -0.2) is 8.42 Å². The normalized spacial score (nSPS) is 14.8. The molecule has 1 heterocycles. The SMILES string of the molecule is N=C(N)c1cccc(OCCNC(=O)c2ccc(S(=O)(=O)N3CCNCC3)cc2)c1. The van der Waals surface area contributed by atoms with Crippen molar-refractivity contribution in [1.82, 2.24) is 14.9 Å². The zero-order valence-corrected chi connectivity index (χ0v) is 17.2. The predicted molar refractivity (Wildman–Crippen MR) is 113 cm³/mol. The first-order chi connectivity index (χ1) is 14.4. The Bertz CT molecular complexity index is 1000. The molecule has 160 valence electrons. The summed E-state index contributed by atoms with van der Waals surface area (Å²) in [6.07, 6.45) is 0. The minimum atomic E-state index is -3.55. The van der Waals surface area contributed by atoms with Gasteiger partial charge in [-0.05, 0) is 36.4 Å². The molecule has 1 aliphatic heterocycles. The summed E-state index contributed by atoms with van der Waals surface area (Å²) in [6.45, 7) is 2.62. The van der Waals surface area contributed by atoms with Gasteiger partial charge in [-0.1, -0.05) is 12.1 Å². The summed E-state index contributed by atoms with van der Waals surface area (Å²) in [6, 6.07) is 12.8. The molecule has 30 heavy (non-hydrogen) atoms. The molecular formula is C20H25N5O4S. The number of hydrogen-bond acceptors (Lipinski definition) is 6. The van der Waals surface area contributed by atoms with Crippen LogP contribution in [-0.2, 0) is 10.0 Å². The molecule has 0 unspecified atom stereocenters. The van der Waals surface area contributed by atoms with Gasteiger partial charge in [0.15, 0.2) is 0 Å². The lowest BCUT2D eigenvalue weighted by Crippen LogP contribution is -2.46. The molecule has 5 N–H and O–H groups in total. The van der Waals surface area contributed by atoms with Crippen LogP contribution in [0, 0.1) is 5.41 Å². The van der Waals surface area contributed by atoms with Crippen LogP contribution in [0.5, 0.6) is 5.75 Å². The summed E-state index contributed by atoms with van der Waals surface area (Å²) in [7, 11) is -3.55. The summed E-state index contributed by atoms with van der Waals surface area (Å²) in [5, 5.41) is 13.3. The number of ether oxygens (including phenoxy) is 1. The first-order valence-corrected chi connectivity index (χ1v) is 11.0. The lowest BCUT2D eigenvalue weighted by Gasteiger charge is -2.26. The quantitative estimate of drug-likeness (QED) is 0.271. The summed E-state index contributed by atoms with van der Waals surface area (Å²) in [5.74, 6) is 0.192. The molecule has 0 saturated carbocycles. The molecule has 0 aliphatic carbocycles. The van der Waals surface area contributed by atoms with Crippen LogP contribution in [0.2, 0.25) is 0 Å². The number of benzene rings is 2. The zero-order chi connectivity index (χ0) is 21.6. The van der Waals surface area contributed by atoms with Crippen molar-refractivity contribution in [3.63, 3.8) is 0 Å². The molecule has 1 fully saturated rings. The number of amides is 1. The highest BCUT2D eigenvalue weighted by atomic mass is 32.2. The van der Waals surface area contributed by atoms with Crippen molar-refractivity contribution in [2.75, 3.05) is 39.3 Å². The maximum Gasteiger partial charge on any atom is 0.251 e. The van der Waals surface area contributed by atoms with Gasteiger partial charge in [0.1, 0.15) is 18.2 Å². The average molecular weight is 432 g/mol. The van der Waals surface area contributed by atoms with E-state index in [0.29, 0.717) is 43.1 Å². The number of rotatable bonds is 8. The van der Waals surface area contributed by atoms with E-state index in [-0.39, 0.29) is 29.8 Å². The Labute approximate surface area is 175 Å². The van der Waals surface area contributed by atoms with Crippen LogP contribution >= 0.6 is 0 Å². The van der Waals surface area contributed by atoms with Gasteiger partial charge in [-0.3, -0.25) is 10.2 Å². The Morgan fingerprint density at radius 2 is 1.83 bits per heavy atom. The topological polar surface area (TPSA) is 138 Å². The number of nitrogens with two attached hydrogens (primary N) is 1. The Morgan fingerprint density at radius 1 is 1.13 bits per heavy atom. The van der Waals surface area contributed by atoms with Crippen LogP contribution in [0.15, 0.2) is 53.4 Å². The van der Waals surface area contributed by atoms with Crippen molar-refractivity contribution >= 4 is 21.8 Å². The molecular weight excluding hydrogens is 406 g/mol. The molecule has 10 heteroatoms. The van der Waals surface area contributed by atoms with Crippen molar-refractivity contribution < 1.29 is 17.9 Å². The lowest BCUT2D eigenvalue weighted by atomic mass is 10.2. The van der Waals surface area contributed by atoms with Gasteiger partial charge in [-0.2, -0.15) is 4.31 Å². The molecule has 3 rings (SSSR count). The van der Waals surface area contributed by atoms with Gasteiger partial charge < -0.3 is 21.1 Å². The maximum atomic E-state index is 12.6. The fraction of sp³-hybridized carbons (Fsp3) is 0.300. The Morgan fingerprint density at radius 3 is 2.50 bits per heavy atom. The van der Waals surface area contributed by atoms with E-state index in [2.05, 4.69) is 10.6 Å². The second kappa shape index (κ2) is 9.70. The third kappa shape index (κ3) is 5.35. The van der Waals surface area contributed by atoms with Crippen molar-refractivity contribution in [2.45, 2.75) is 4.90 Å². The smallest absolute Gasteiger partial charge is 0.251 e. The molecule has 2 aromatic carbocycles. The molecule has 0 bridgehead atoms. The van der Waals surface area contributed by atoms with Crippen LogP contribution in [0.25, 0.3) is 0 Å². The van der Waals surface area contributed by atoms with Gasteiger partial charge in [0.2, 0.25) is 10.0 Å². The third-order valence-corrected chi connectivity index (χ3v) is 6.54. The van der Waals surface area contributed by atoms with Crippen LogP contribution < -0.4 is 21.1 Å². The fourth-order valence-electron chi connectivity index (χ4n) is 3.00. The molecule has 1 aliphatic rings. The third-order valence-electron chi connectivity index (χ3n) is 4.63. The number of sulfonamides is 1. The maximum absolute atomic E-state index is 12.6. The van der Waals surface area contributed by atoms with E-state index in [1.54, 1.807) is 24.3 Å². The van der Waals surface area contributed by atoms with Crippen molar-refractivity contribution in [3.8, 4) is 5.75 Å². The number of piperazine rings is 1. The van der Waals surface area contributed by atoms with E-state index in [1.807, 2.05) is 0 Å². The van der Waals surface area contributed by atoms with Crippen molar-refractivity contribution in [3.05, 3.63) is 59.7 Å². The minimum Gasteiger partial charge on any atom is -0.492 e. The molecule has 0 radical (unpaired) electrons. The fourth-order valence-corrected chi connectivity index (χ4v) is 4.44. The standard InChI is InChI=1S/C20H25N5O4S/c21-19(22)16-2-1-3-17(14-16)29-13-10-24-20(26)15-4-6-18(7-5-15)30(27,28)25-11-8-23-9-12-25/h1-7,14,23H,8-13H2,(H3,21,22)(H,24,26). The minimum absolute atomic E-state index is 0.0452. The van der Waals surface area contributed by atoms with Crippen molar-refractivity contribution in [1.29, 1.82) is 5.41 Å². The summed E-state index contributed by atoms with van der Waals surface area (Å²) < 4.78 is 32.3. The number of nitrogen functional groups attached to an aromatic ring is 1. The van der Waals surface area contributed by atoms with E-state index in [9.17, 15) is 13.2 Å². The molecule has 0 spiro atoms. The molecule has 1 saturated heterocycles. The monoisotopic (exact) mass is 431 g/mol. The molecule has 0 atom stereocenters. The van der Waals surface area contributed by atoms with Crippen LogP contribution in [0.3, 0.4) is 0 Å². The highest BCUT2D eigenvalue weighted by Gasteiger charge is 2.25. The lowest BCUT2D eigenvalue weighted by molar-refractivity contribution is 0.0947. The highest BCUT2D eigenvalue weighted by molar-refractivity contribution is 7.89. The Kier molecular flexibility index (Phi) is 7.03. The number of nitrogens with zero attached hydrogens (tertiary/aromatic N) is 1. The Balaban J connectivity index is 1.51. The largest absolute Gasteiger partial charge is 0.492 e. The summed E-state index contributed by atoms with van der Waals surface area (Å²) >= 11 is 0. The zero-order valence-electron chi connectivity index (χ0n) is 16.4. The van der Waals surface area contributed by atoms with Crippen LogP contribution in [-0.4, -0.2) is 63.8 Å². The van der Waals surface area contributed by atoms with Crippen molar-refractivity contribution in [2.24, 2.45) is 5.73 Å².